The molecule has 6 nitrogen and oxygen atoms in total. The fourth-order valence-corrected chi connectivity index (χ4v) is 3.35. The topological polar surface area (TPSA) is 55.9 Å². The lowest BCUT2D eigenvalue weighted by atomic mass is 10.2. The molecule has 0 atom stereocenters. The number of rotatable bonds is 5. The Morgan fingerprint density at radius 1 is 1.04 bits per heavy atom. The Kier molecular flexibility index (Phi) is 6.90. The van der Waals surface area contributed by atoms with E-state index in [1.54, 1.807) is 31.3 Å². The number of nitrogens with zero attached hydrogens (tertiary/aromatic N) is 3. The van der Waals surface area contributed by atoms with Gasteiger partial charge in [0, 0.05) is 50.5 Å². The van der Waals surface area contributed by atoms with E-state index in [4.69, 9.17) is 11.6 Å². The highest BCUT2D eigenvalue weighted by molar-refractivity contribution is 6.30. The lowest BCUT2D eigenvalue weighted by Crippen LogP contribution is -2.51. The standard InChI is InChI=1S/C21H25ClN4O2/c1-24(21(28)23-19-9-5-8-18(22)14-19)16-20(27)26-12-10-25(11-13-26)15-17-6-3-2-4-7-17/h2-9,14H,10-13,15-16H2,1H3,(H,23,28). The van der Waals surface area contributed by atoms with Crippen LogP contribution in [0.4, 0.5) is 10.5 Å². The molecule has 2 aromatic rings. The second-order valence-electron chi connectivity index (χ2n) is 6.94. The second-order valence-corrected chi connectivity index (χ2v) is 7.38. The molecule has 0 saturated carbocycles. The van der Waals surface area contributed by atoms with Crippen molar-refractivity contribution in [3.05, 3.63) is 65.2 Å². The van der Waals surface area contributed by atoms with Crippen LogP contribution in [0.2, 0.25) is 5.02 Å². The van der Waals surface area contributed by atoms with Crippen molar-refractivity contribution in [1.29, 1.82) is 0 Å². The van der Waals surface area contributed by atoms with Crippen LogP contribution in [-0.4, -0.2) is 66.4 Å². The van der Waals surface area contributed by atoms with Crippen LogP contribution in [0, 0.1) is 0 Å². The highest BCUT2D eigenvalue weighted by Crippen LogP contribution is 2.15. The minimum Gasteiger partial charge on any atom is -0.339 e. The fraction of sp³-hybridized carbons (Fsp3) is 0.333. The molecule has 1 aliphatic rings. The molecular weight excluding hydrogens is 376 g/mol. The van der Waals surface area contributed by atoms with Crippen molar-refractivity contribution in [2.75, 3.05) is 45.1 Å². The van der Waals surface area contributed by atoms with Crippen LogP contribution in [0.5, 0.6) is 0 Å². The predicted octanol–water partition coefficient (Wildman–Crippen LogP) is 3.15. The number of piperazine rings is 1. The minimum atomic E-state index is -0.335. The van der Waals surface area contributed by atoms with Crippen molar-refractivity contribution in [3.8, 4) is 0 Å². The molecule has 1 N–H and O–H groups in total. The Morgan fingerprint density at radius 3 is 2.43 bits per heavy atom. The average Bonchev–Trinajstić information content (AvgIpc) is 2.69. The molecule has 1 fully saturated rings. The maximum atomic E-state index is 12.5. The van der Waals surface area contributed by atoms with E-state index in [-0.39, 0.29) is 18.5 Å². The second kappa shape index (κ2) is 9.57. The minimum absolute atomic E-state index is 0.0388. The predicted molar refractivity (Wildman–Crippen MR) is 111 cm³/mol. The van der Waals surface area contributed by atoms with E-state index < -0.39 is 0 Å². The van der Waals surface area contributed by atoms with E-state index in [2.05, 4.69) is 22.3 Å². The van der Waals surface area contributed by atoms with Gasteiger partial charge in [-0.15, -0.1) is 0 Å². The first-order valence-corrected chi connectivity index (χ1v) is 9.71. The molecule has 2 aromatic carbocycles. The number of carbonyl (C=O) groups excluding carboxylic acids is 2. The smallest absolute Gasteiger partial charge is 0.322 e. The number of benzene rings is 2. The molecule has 3 amide bonds. The highest BCUT2D eigenvalue weighted by Gasteiger charge is 2.23. The number of halogens is 1. The maximum absolute atomic E-state index is 12.5. The van der Waals surface area contributed by atoms with Gasteiger partial charge >= 0.3 is 6.03 Å². The molecule has 0 aliphatic carbocycles. The Balaban J connectivity index is 1.44. The molecule has 148 valence electrons. The molecular formula is C21H25ClN4O2. The first-order chi connectivity index (χ1) is 13.5. The zero-order valence-electron chi connectivity index (χ0n) is 16.0. The van der Waals surface area contributed by atoms with E-state index in [0.717, 1.165) is 19.6 Å². The molecule has 0 radical (unpaired) electrons. The molecule has 0 unspecified atom stereocenters. The van der Waals surface area contributed by atoms with E-state index in [9.17, 15) is 9.59 Å². The summed E-state index contributed by atoms with van der Waals surface area (Å²) < 4.78 is 0. The lowest BCUT2D eigenvalue weighted by molar-refractivity contribution is -0.133. The van der Waals surface area contributed by atoms with Crippen LogP contribution in [0.1, 0.15) is 5.56 Å². The van der Waals surface area contributed by atoms with Gasteiger partial charge in [-0.2, -0.15) is 0 Å². The Bertz CT molecular complexity index is 807. The zero-order valence-corrected chi connectivity index (χ0v) is 16.7. The van der Waals surface area contributed by atoms with E-state index in [1.807, 2.05) is 23.1 Å². The summed E-state index contributed by atoms with van der Waals surface area (Å²) in [7, 11) is 1.61. The zero-order chi connectivity index (χ0) is 19.9. The molecule has 28 heavy (non-hydrogen) atoms. The molecule has 1 heterocycles. The van der Waals surface area contributed by atoms with Gasteiger partial charge in [0.1, 0.15) is 6.54 Å². The van der Waals surface area contributed by atoms with Gasteiger partial charge in [-0.25, -0.2) is 4.79 Å². The van der Waals surface area contributed by atoms with Crippen LogP contribution in [-0.2, 0) is 11.3 Å². The lowest BCUT2D eigenvalue weighted by Gasteiger charge is -2.35. The summed E-state index contributed by atoms with van der Waals surface area (Å²) in [6.45, 7) is 3.96. The summed E-state index contributed by atoms with van der Waals surface area (Å²) in [6.07, 6.45) is 0. The number of anilines is 1. The van der Waals surface area contributed by atoms with Gasteiger partial charge in [0.25, 0.3) is 0 Å². The summed E-state index contributed by atoms with van der Waals surface area (Å²) in [4.78, 5) is 30.4. The van der Waals surface area contributed by atoms with Gasteiger partial charge in [-0.05, 0) is 23.8 Å². The number of hydrogen-bond acceptors (Lipinski definition) is 3. The molecule has 0 bridgehead atoms. The van der Waals surface area contributed by atoms with Crippen molar-refractivity contribution >= 4 is 29.2 Å². The molecule has 1 aliphatic heterocycles. The van der Waals surface area contributed by atoms with Crippen molar-refractivity contribution in [2.24, 2.45) is 0 Å². The average molecular weight is 401 g/mol. The maximum Gasteiger partial charge on any atom is 0.322 e. The van der Waals surface area contributed by atoms with Gasteiger partial charge in [0.05, 0.1) is 0 Å². The summed E-state index contributed by atoms with van der Waals surface area (Å²) in [5.41, 5.74) is 1.88. The number of carbonyl (C=O) groups is 2. The largest absolute Gasteiger partial charge is 0.339 e. The normalized spacial score (nSPS) is 14.6. The molecule has 3 rings (SSSR count). The quantitative estimate of drug-likeness (QED) is 0.838. The third kappa shape index (κ3) is 5.71. The molecule has 0 spiro atoms. The highest BCUT2D eigenvalue weighted by atomic mass is 35.5. The van der Waals surface area contributed by atoms with Gasteiger partial charge < -0.3 is 15.1 Å². The Hall–Kier alpha value is -2.57. The van der Waals surface area contributed by atoms with Crippen molar-refractivity contribution in [1.82, 2.24) is 14.7 Å². The SMILES string of the molecule is CN(CC(=O)N1CCN(Cc2ccccc2)CC1)C(=O)Nc1cccc(Cl)c1. The third-order valence-corrected chi connectivity index (χ3v) is 5.00. The Labute approximate surface area is 170 Å². The summed E-state index contributed by atoms with van der Waals surface area (Å²) in [5, 5.41) is 3.29. The van der Waals surface area contributed by atoms with Crippen LogP contribution in [0.3, 0.4) is 0 Å². The van der Waals surface area contributed by atoms with Crippen LogP contribution < -0.4 is 5.32 Å². The number of amides is 3. The molecule has 0 aromatic heterocycles. The van der Waals surface area contributed by atoms with Crippen molar-refractivity contribution in [3.63, 3.8) is 0 Å². The summed E-state index contributed by atoms with van der Waals surface area (Å²) >= 11 is 5.93. The molecule has 1 saturated heterocycles. The summed E-state index contributed by atoms with van der Waals surface area (Å²) in [6, 6.07) is 16.9. The van der Waals surface area contributed by atoms with Gasteiger partial charge in [0.2, 0.25) is 5.91 Å². The van der Waals surface area contributed by atoms with Crippen LogP contribution in [0.25, 0.3) is 0 Å². The Morgan fingerprint density at radius 2 is 1.75 bits per heavy atom. The fourth-order valence-electron chi connectivity index (χ4n) is 3.16. The summed E-state index contributed by atoms with van der Waals surface area (Å²) in [5.74, 6) is -0.0388. The van der Waals surface area contributed by atoms with Crippen LogP contribution >= 0.6 is 11.6 Å². The van der Waals surface area contributed by atoms with Gasteiger partial charge in [0.15, 0.2) is 0 Å². The number of urea groups is 1. The van der Waals surface area contributed by atoms with Crippen LogP contribution in [0.15, 0.2) is 54.6 Å². The van der Waals surface area contributed by atoms with Crippen molar-refractivity contribution in [2.45, 2.75) is 6.54 Å². The number of hydrogen-bond donors (Lipinski definition) is 1. The first-order valence-electron chi connectivity index (χ1n) is 9.33. The first kappa shape index (κ1) is 20.2. The number of likely N-dealkylation sites (N-methyl/N-ethyl adjacent to an activating group) is 1. The monoisotopic (exact) mass is 400 g/mol. The van der Waals surface area contributed by atoms with Gasteiger partial charge in [-0.3, -0.25) is 9.69 Å². The number of nitrogens with one attached hydrogen (secondary N) is 1. The van der Waals surface area contributed by atoms with Gasteiger partial charge in [-0.1, -0.05) is 48.0 Å². The van der Waals surface area contributed by atoms with E-state index >= 15 is 0 Å². The third-order valence-electron chi connectivity index (χ3n) is 4.77. The molecule has 7 heteroatoms. The van der Waals surface area contributed by atoms with E-state index in [0.29, 0.717) is 23.8 Å². The van der Waals surface area contributed by atoms with E-state index in [1.165, 1.54) is 10.5 Å². The van der Waals surface area contributed by atoms with Crippen molar-refractivity contribution < 1.29 is 9.59 Å².